The Morgan fingerprint density at radius 1 is 0.951 bits per heavy atom. The Hall–Kier alpha value is -3.91. The van der Waals surface area contributed by atoms with Crippen LogP contribution >= 0.6 is 0 Å². The Labute approximate surface area is 248 Å². The molecule has 0 saturated carbocycles. The molecule has 220 valence electrons. The lowest BCUT2D eigenvalue weighted by molar-refractivity contribution is -0.137. The van der Waals surface area contributed by atoms with Crippen LogP contribution in [0.4, 0.5) is 17.1 Å². The van der Waals surface area contributed by atoms with E-state index in [2.05, 4.69) is 74.7 Å². The molecular formula is C32H41ClN4O4. The molecule has 1 aliphatic carbocycles. The minimum atomic E-state index is -0.778. The summed E-state index contributed by atoms with van der Waals surface area (Å²) < 4.78 is 14.6. The van der Waals surface area contributed by atoms with Gasteiger partial charge in [-0.3, -0.25) is 4.79 Å². The molecule has 0 radical (unpaired) electrons. The zero-order valence-corrected chi connectivity index (χ0v) is 26.0. The fourth-order valence-electron chi connectivity index (χ4n) is 5.12. The smallest absolute Gasteiger partial charge is 0.303 e. The van der Waals surface area contributed by atoms with Gasteiger partial charge < -0.3 is 41.4 Å². The second-order valence-corrected chi connectivity index (χ2v) is 10.6. The van der Waals surface area contributed by atoms with Gasteiger partial charge in [-0.05, 0) is 37.6 Å². The number of hydrogen-bond acceptors (Lipinski definition) is 6. The number of aliphatic carboxylic acids is 1. The number of carboxylic acid groups (broad SMARTS) is 1. The second-order valence-electron chi connectivity index (χ2n) is 10.6. The molecule has 9 heteroatoms. The van der Waals surface area contributed by atoms with Crippen molar-refractivity contribution in [1.82, 2.24) is 4.58 Å². The molecule has 0 spiro atoms. The number of methoxy groups -OCH3 is 1. The van der Waals surface area contributed by atoms with Gasteiger partial charge in [0.1, 0.15) is 31.2 Å². The molecule has 0 atom stereocenters. The Morgan fingerprint density at radius 2 is 1.68 bits per heavy atom. The van der Waals surface area contributed by atoms with Crippen molar-refractivity contribution in [3.63, 3.8) is 0 Å². The maximum Gasteiger partial charge on any atom is 0.303 e. The summed E-state index contributed by atoms with van der Waals surface area (Å²) in [6.45, 7) is 3.48. The molecule has 41 heavy (non-hydrogen) atoms. The Balaban J connectivity index is 0.00000462. The lowest BCUT2D eigenvalue weighted by Crippen LogP contribution is -3.00. The molecular weight excluding hydrogens is 540 g/mol. The summed E-state index contributed by atoms with van der Waals surface area (Å²) in [5, 5.41) is 11.2. The van der Waals surface area contributed by atoms with E-state index >= 15 is 0 Å². The van der Waals surface area contributed by atoms with Gasteiger partial charge in [-0.1, -0.05) is 0 Å². The minimum Gasteiger partial charge on any atom is -1.00 e. The zero-order valence-electron chi connectivity index (χ0n) is 25.3. The number of carboxylic acids is 1. The van der Waals surface area contributed by atoms with Crippen LogP contribution in [-0.2, 0) is 4.79 Å². The molecule has 1 N–H and O–H groups in total. The summed E-state index contributed by atoms with van der Waals surface area (Å²) in [5.74, 6) is 0.769. The first-order valence-electron chi connectivity index (χ1n) is 13.6. The summed E-state index contributed by atoms with van der Waals surface area (Å²) in [6.07, 6.45) is 0.705. The largest absolute Gasteiger partial charge is 1.00 e. The van der Waals surface area contributed by atoms with Crippen LogP contribution in [0.5, 0.6) is 5.75 Å². The van der Waals surface area contributed by atoms with Crippen LogP contribution in [0.1, 0.15) is 19.8 Å². The van der Waals surface area contributed by atoms with Crippen molar-refractivity contribution in [2.24, 2.45) is 0 Å². The average molecular weight is 581 g/mol. The predicted octanol–water partition coefficient (Wildman–Crippen LogP) is 2.07. The average Bonchev–Trinajstić information content (AvgIpc) is 2.92. The number of hydrogen-bond donors (Lipinski definition) is 1. The first-order chi connectivity index (χ1) is 19.0. The molecule has 2 aromatic carbocycles. The van der Waals surface area contributed by atoms with Gasteiger partial charge in [-0.25, -0.2) is 4.58 Å². The SMILES string of the molecule is CCN(CCCC(=O)O)c1cc(OC)c(-c2c3ccc(=[N+](C)C)cc-3oc3cc(N(C)C)ccc23)cc1N(C)C.[Cl-]. The molecule has 2 aliphatic rings. The van der Waals surface area contributed by atoms with E-state index in [-0.39, 0.29) is 18.8 Å². The highest BCUT2D eigenvalue weighted by atomic mass is 35.5. The molecule has 4 rings (SSSR count). The van der Waals surface area contributed by atoms with Crippen molar-refractivity contribution in [2.45, 2.75) is 19.8 Å². The molecule has 2 aromatic rings. The van der Waals surface area contributed by atoms with Crippen LogP contribution in [0, 0.1) is 0 Å². The van der Waals surface area contributed by atoms with Crippen LogP contribution in [-0.4, -0.2) is 73.6 Å². The van der Waals surface area contributed by atoms with Crippen LogP contribution in [0.3, 0.4) is 0 Å². The van der Waals surface area contributed by atoms with Crippen molar-refractivity contribution in [2.75, 3.05) is 77.2 Å². The van der Waals surface area contributed by atoms with E-state index in [1.807, 2.05) is 42.3 Å². The summed E-state index contributed by atoms with van der Waals surface area (Å²) in [7, 11) is 13.9. The van der Waals surface area contributed by atoms with E-state index in [1.54, 1.807) is 7.11 Å². The molecule has 0 unspecified atom stereocenters. The van der Waals surface area contributed by atoms with Gasteiger partial charge in [-0.2, -0.15) is 0 Å². The Kier molecular flexibility index (Phi) is 10.2. The van der Waals surface area contributed by atoms with Gasteiger partial charge in [0.25, 0.3) is 0 Å². The van der Waals surface area contributed by atoms with Crippen molar-refractivity contribution >= 4 is 34.0 Å². The van der Waals surface area contributed by atoms with Crippen LogP contribution in [0.2, 0.25) is 0 Å². The predicted molar refractivity (Wildman–Crippen MR) is 165 cm³/mol. The Bertz CT molecular complexity index is 1570. The highest BCUT2D eigenvalue weighted by molar-refractivity contribution is 6.05. The molecule has 0 saturated heterocycles. The van der Waals surface area contributed by atoms with Crippen LogP contribution < -0.4 is 41.8 Å². The molecule has 1 aliphatic heterocycles. The third-order valence-electron chi connectivity index (χ3n) is 7.31. The number of anilines is 3. The maximum absolute atomic E-state index is 11.2. The van der Waals surface area contributed by atoms with Gasteiger partial charge in [0.05, 0.1) is 24.6 Å². The van der Waals surface area contributed by atoms with E-state index in [1.165, 1.54) is 0 Å². The molecule has 0 fully saturated rings. The molecule has 1 heterocycles. The Morgan fingerprint density at radius 3 is 2.27 bits per heavy atom. The number of carbonyl (C=O) groups is 1. The van der Waals surface area contributed by atoms with Gasteiger partial charge in [0, 0.05) is 93.7 Å². The third-order valence-corrected chi connectivity index (χ3v) is 7.31. The monoisotopic (exact) mass is 580 g/mol. The van der Waals surface area contributed by atoms with Gasteiger partial charge >= 0.3 is 5.97 Å². The number of halogens is 1. The standard InChI is InChI=1S/C32H40N4O4.ClH/c1-9-36(16-10-11-31(37)38)27-20-28(39-8)25(19-26(27)35(6)7)32-23-14-12-21(33(2)3)17-29(23)40-30-18-22(34(4)5)13-15-24(30)32;/h12-15,17-20H,9-11,16H2,1-8H3;1H. The van der Waals surface area contributed by atoms with Gasteiger partial charge in [0.2, 0.25) is 5.36 Å². The minimum absolute atomic E-state index is 0. The third kappa shape index (κ3) is 6.54. The molecule has 8 nitrogen and oxygen atoms in total. The van der Waals surface area contributed by atoms with Crippen molar-refractivity contribution in [3.05, 3.63) is 53.9 Å². The number of ether oxygens (including phenoxy) is 1. The van der Waals surface area contributed by atoms with Crippen molar-refractivity contribution in [1.29, 1.82) is 0 Å². The number of rotatable bonds is 10. The fraction of sp³-hybridized carbons (Fsp3) is 0.375. The summed E-state index contributed by atoms with van der Waals surface area (Å²) in [6, 6.07) is 16.9. The zero-order chi connectivity index (χ0) is 29.1. The highest BCUT2D eigenvalue weighted by Crippen LogP contribution is 2.47. The van der Waals surface area contributed by atoms with E-state index in [9.17, 15) is 4.79 Å². The van der Waals surface area contributed by atoms with Crippen LogP contribution in [0.15, 0.2) is 52.9 Å². The summed E-state index contributed by atoms with van der Waals surface area (Å²) in [5.41, 5.74) is 6.92. The second kappa shape index (κ2) is 13.2. The van der Waals surface area contributed by atoms with E-state index in [0.717, 1.165) is 68.1 Å². The summed E-state index contributed by atoms with van der Waals surface area (Å²) in [4.78, 5) is 17.5. The number of nitrogens with zero attached hydrogens (tertiary/aromatic N) is 4. The molecule has 0 bridgehead atoms. The number of benzene rings is 3. The quantitative estimate of drug-likeness (QED) is 0.227. The van der Waals surface area contributed by atoms with E-state index in [0.29, 0.717) is 13.0 Å². The molecule has 0 aromatic heterocycles. The first-order valence-corrected chi connectivity index (χ1v) is 13.6. The fourth-order valence-corrected chi connectivity index (χ4v) is 5.12. The van der Waals surface area contributed by atoms with E-state index in [4.69, 9.17) is 14.3 Å². The van der Waals surface area contributed by atoms with Crippen molar-refractivity contribution in [3.8, 4) is 28.2 Å². The first kappa shape index (κ1) is 31.6. The lowest BCUT2D eigenvalue weighted by atomic mass is 9.92. The van der Waals surface area contributed by atoms with E-state index < -0.39 is 5.97 Å². The topological polar surface area (TPSA) is 72.4 Å². The van der Waals surface area contributed by atoms with Gasteiger partial charge in [0.15, 0.2) is 0 Å². The lowest BCUT2D eigenvalue weighted by Gasteiger charge is -2.30. The summed E-state index contributed by atoms with van der Waals surface area (Å²) >= 11 is 0. The molecule has 0 amide bonds. The number of fused-ring (bicyclic) bond motifs is 2. The van der Waals surface area contributed by atoms with Gasteiger partial charge in [-0.15, -0.1) is 0 Å². The maximum atomic E-state index is 11.2. The highest BCUT2D eigenvalue weighted by Gasteiger charge is 2.24. The van der Waals surface area contributed by atoms with Crippen LogP contribution in [0.25, 0.3) is 33.4 Å². The normalized spacial score (nSPS) is 10.8. The van der Waals surface area contributed by atoms with Crippen molar-refractivity contribution < 1.29 is 31.5 Å².